The molecular formula is C22H22F3N3O2. The average Bonchev–Trinajstić information content (AvgIpc) is 2.72. The lowest BCUT2D eigenvalue weighted by atomic mass is 10.0. The summed E-state index contributed by atoms with van der Waals surface area (Å²) in [4.78, 5) is 26.1. The van der Waals surface area contributed by atoms with Crippen molar-refractivity contribution in [3.63, 3.8) is 0 Å². The van der Waals surface area contributed by atoms with Gasteiger partial charge in [0, 0.05) is 24.7 Å². The third-order valence-corrected chi connectivity index (χ3v) is 4.90. The van der Waals surface area contributed by atoms with Crippen molar-refractivity contribution in [3.8, 4) is 0 Å². The van der Waals surface area contributed by atoms with Crippen LogP contribution in [0.25, 0.3) is 5.57 Å². The maximum atomic E-state index is 13.5. The third kappa shape index (κ3) is 5.20. The normalized spacial score (nSPS) is 15.0. The lowest BCUT2D eigenvalue weighted by molar-refractivity contribution is -0.112. The van der Waals surface area contributed by atoms with Gasteiger partial charge in [0.25, 0.3) is 0 Å². The third-order valence-electron chi connectivity index (χ3n) is 4.90. The number of nitrogens with zero attached hydrogens (tertiary/aromatic N) is 1. The number of carbonyl (C=O) groups excluding carboxylic acids is 2. The van der Waals surface area contributed by atoms with Gasteiger partial charge in [-0.1, -0.05) is 30.3 Å². The monoisotopic (exact) mass is 417 g/mol. The van der Waals surface area contributed by atoms with E-state index in [-0.39, 0.29) is 16.8 Å². The molecule has 2 aromatic carbocycles. The van der Waals surface area contributed by atoms with E-state index in [1.54, 1.807) is 18.2 Å². The van der Waals surface area contributed by atoms with Crippen LogP contribution in [0, 0.1) is 0 Å². The van der Waals surface area contributed by atoms with Gasteiger partial charge in [-0.15, -0.1) is 0 Å². The maximum absolute atomic E-state index is 13.5. The Labute approximate surface area is 172 Å². The first kappa shape index (κ1) is 21.4. The molecule has 158 valence electrons. The van der Waals surface area contributed by atoms with E-state index in [2.05, 4.69) is 5.32 Å². The molecule has 1 aliphatic heterocycles. The number of piperidine rings is 1. The Hall–Kier alpha value is -3.29. The van der Waals surface area contributed by atoms with Crippen molar-refractivity contribution in [2.45, 2.75) is 25.4 Å². The number of anilines is 2. The van der Waals surface area contributed by atoms with E-state index in [0.717, 1.165) is 32.4 Å². The van der Waals surface area contributed by atoms with Crippen molar-refractivity contribution in [3.05, 3.63) is 65.7 Å². The molecule has 1 fully saturated rings. The number of amides is 2. The van der Waals surface area contributed by atoms with Gasteiger partial charge < -0.3 is 16.0 Å². The molecule has 0 aliphatic carbocycles. The minimum Gasteiger partial charge on any atom is -0.370 e. The standard InChI is InChI=1S/C22H22F3N3O2/c23-22(24,25)17(15-7-3-1-4-8-15)14-20(29)27-18-13-16(21(26)30)9-10-19(18)28-11-5-2-6-12-28/h1,3-4,7-10,13-14H,2,5-6,11-12H2,(H2,26,30)(H,27,29)/b17-14-. The second-order valence-electron chi connectivity index (χ2n) is 7.05. The number of rotatable bonds is 5. The zero-order valence-corrected chi connectivity index (χ0v) is 16.2. The summed E-state index contributed by atoms with van der Waals surface area (Å²) in [6.07, 6.45) is -1.14. The van der Waals surface area contributed by atoms with Crippen LogP contribution in [0.5, 0.6) is 0 Å². The van der Waals surface area contributed by atoms with Crippen molar-refractivity contribution < 1.29 is 22.8 Å². The van der Waals surface area contributed by atoms with Crippen LogP contribution in [-0.2, 0) is 4.79 Å². The highest BCUT2D eigenvalue weighted by molar-refractivity contribution is 6.07. The molecule has 8 heteroatoms. The van der Waals surface area contributed by atoms with Crippen LogP contribution < -0.4 is 16.0 Å². The smallest absolute Gasteiger partial charge is 0.370 e. The number of alkyl halides is 3. The molecule has 0 saturated carbocycles. The van der Waals surface area contributed by atoms with Crippen molar-refractivity contribution in [1.29, 1.82) is 0 Å². The van der Waals surface area contributed by atoms with E-state index in [1.807, 2.05) is 4.90 Å². The molecule has 0 bridgehead atoms. The lowest BCUT2D eigenvalue weighted by Gasteiger charge is -2.30. The predicted octanol–water partition coefficient (Wildman–Crippen LogP) is 4.36. The summed E-state index contributed by atoms with van der Waals surface area (Å²) >= 11 is 0. The van der Waals surface area contributed by atoms with Gasteiger partial charge in [-0.25, -0.2) is 0 Å². The van der Waals surface area contributed by atoms with Crippen LogP contribution in [0.1, 0.15) is 35.2 Å². The van der Waals surface area contributed by atoms with Gasteiger partial charge in [0.1, 0.15) is 0 Å². The SMILES string of the molecule is NC(=O)c1ccc(N2CCCCC2)c(NC(=O)/C=C(/c2ccccc2)C(F)(F)F)c1. The minimum atomic E-state index is -4.70. The molecule has 30 heavy (non-hydrogen) atoms. The summed E-state index contributed by atoms with van der Waals surface area (Å²) in [5.74, 6) is -1.63. The zero-order valence-electron chi connectivity index (χ0n) is 16.2. The number of halogens is 3. The molecular weight excluding hydrogens is 395 g/mol. The number of allylic oxidation sites excluding steroid dienone is 1. The fourth-order valence-corrected chi connectivity index (χ4v) is 3.45. The molecule has 0 aromatic heterocycles. The minimum absolute atomic E-state index is 0.109. The van der Waals surface area contributed by atoms with Crippen molar-refractivity contribution >= 4 is 28.8 Å². The van der Waals surface area contributed by atoms with E-state index in [4.69, 9.17) is 5.73 Å². The quantitative estimate of drug-likeness (QED) is 0.710. The van der Waals surface area contributed by atoms with Crippen LogP contribution in [0.2, 0.25) is 0 Å². The molecule has 3 N–H and O–H groups in total. The summed E-state index contributed by atoms with van der Waals surface area (Å²) in [6.45, 7) is 1.51. The number of nitrogens with two attached hydrogens (primary N) is 1. The van der Waals surface area contributed by atoms with E-state index in [1.165, 1.54) is 30.3 Å². The lowest BCUT2D eigenvalue weighted by Crippen LogP contribution is -2.30. The van der Waals surface area contributed by atoms with Gasteiger partial charge in [-0.3, -0.25) is 9.59 Å². The van der Waals surface area contributed by atoms with Gasteiger partial charge in [0.05, 0.1) is 16.9 Å². The molecule has 0 unspecified atom stereocenters. The van der Waals surface area contributed by atoms with E-state index >= 15 is 0 Å². The van der Waals surface area contributed by atoms with Gasteiger partial charge in [0.15, 0.2) is 0 Å². The van der Waals surface area contributed by atoms with Crippen LogP contribution >= 0.6 is 0 Å². The average molecular weight is 417 g/mol. The van der Waals surface area contributed by atoms with Gasteiger partial charge in [-0.2, -0.15) is 13.2 Å². The Kier molecular flexibility index (Phi) is 6.44. The van der Waals surface area contributed by atoms with Crippen LogP contribution in [0.15, 0.2) is 54.6 Å². The number of hydrogen-bond donors (Lipinski definition) is 2. The fourth-order valence-electron chi connectivity index (χ4n) is 3.45. The molecule has 2 aromatic rings. The van der Waals surface area contributed by atoms with Crippen molar-refractivity contribution in [2.24, 2.45) is 5.73 Å². The summed E-state index contributed by atoms with van der Waals surface area (Å²) < 4.78 is 40.6. The van der Waals surface area contributed by atoms with E-state index < -0.39 is 23.6 Å². The Morgan fingerprint density at radius 1 is 0.967 bits per heavy atom. The fraction of sp³-hybridized carbons (Fsp3) is 0.273. The molecule has 2 amide bonds. The topological polar surface area (TPSA) is 75.4 Å². The summed E-state index contributed by atoms with van der Waals surface area (Å²) in [6, 6.07) is 11.7. The second kappa shape index (κ2) is 9.02. The summed E-state index contributed by atoms with van der Waals surface area (Å²) in [5, 5.41) is 2.51. The summed E-state index contributed by atoms with van der Waals surface area (Å²) in [5.41, 5.74) is 5.23. The number of benzene rings is 2. The number of carbonyl (C=O) groups is 2. The summed E-state index contributed by atoms with van der Waals surface area (Å²) in [7, 11) is 0. The van der Waals surface area contributed by atoms with Gasteiger partial charge in [0.2, 0.25) is 11.8 Å². The van der Waals surface area contributed by atoms with E-state index in [0.29, 0.717) is 11.8 Å². The van der Waals surface area contributed by atoms with Crippen LogP contribution in [-0.4, -0.2) is 31.1 Å². The molecule has 1 heterocycles. The molecule has 5 nitrogen and oxygen atoms in total. The Morgan fingerprint density at radius 2 is 1.63 bits per heavy atom. The van der Waals surface area contributed by atoms with Crippen LogP contribution in [0.4, 0.5) is 24.5 Å². The maximum Gasteiger partial charge on any atom is 0.417 e. The molecule has 0 radical (unpaired) electrons. The first-order valence-corrected chi connectivity index (χ1v) is 9.60. The highest BCUT2D eigenvalue weighted by Crippen LogP contribution is 2.34. The predicted molar refractivity (Wildman–Crippen MR) is 110 cm³/mol. The molecule has 1 aliphatic rings. The number of nitrogens with one attached hydrogen (secondary N) is 1. The number of primary amides is 1. The van der Waals surface area contributed by atoms with Crippen molar-refractivity contribution in [1.82, 2.24) is 0 Å². The van der Waals surface area contributed by atoms with Crippen molar-refractivity contribution in [2.75, 3.05) is 23.3 Å². The molecule has 3 rings (SSSR count). The Balaban J connectivity index is 1.95. The van der Waals surface area contributed by atoms with Gasteiger partial charge >= 0.3 is 6.18 Å². The van der Waals surface area contributed by atoms with Crippen LogP contribution in [0.3, 0.4) is 0 Å². The first-order chi connectivity index (χ1) is 14.3. The molecule has 0 spiro atoms. The first-order valence-electron chi connectivity index (χ1n) is 9.60. The van der Waals surface area contributed by atoms with E-state index in [9.17, 15) is 22.8 Å². The highest BCUT2D eigenvalue weighted by Gasteiger charge is 2.35. The molecule has 1 saturated heterocycles. The Bertz CT molecular complexity index is 950. The highest BCUT2D eigenvalue weighted by atomic mass is 19.4. The zero-order chi connectivity index (χ0) is 21.7. The van der Waals surface area contributed by atoms with Gasteiger partial charge in [-0.05, 0) is 43.0 Å². The molecule has 0 atom stereocenters. The second-order valence-corrected chi connectivity index (χ2v) is 7.05. The number of hydrogen-bond acceptors (Lipinski definition) is 3. The largest absolute Gasteiger partial charge is 0.417 e. The Morgan fingerprint density at radius 3 is 2.23 bits per heavy atom.